The molecule has 1 fully saturated rings. The number of amides is 1. The Morgan fingerprint density at radius 2 is 2.00 bits per heavy atom. The first-order valence-electron chi connectivity index (χ1n) is 11.4. The molecule has 192 valence electrons. The molecule has 4 atom stereocenters. The Morgan fingerprint density at radius 3 is 2.64 bits per heavy atom. The van der Waals surface area contributed by atoms with E-state index in [9.17, 15) is 15.0 Å². The molecule has 5 rings (SSSR count). The fraction of sp³-hybridized carbons (Fsp3) is 0.360. The van der Waals surface area contributed by atoms with Gasteiger partial charge < -0.3 is 40.2 Å². The first-order valence-corrected chi connectivity index (χ1v) is 12.2. The average molecular weight is 516 g/mol. The topological polar surface area (TPSA) is 160 Å². The number of thiazole rings is 1. The Morgan fingerprint density at radius 1 is 1.22 bits per heavy atom. The van der Waals surface area contributed by atoms with E-state index in [1.807, 2.05) is 41.0 Å². The fourth-order valence-electron chi connectivity index (χ4n) is 4.18. The number of aromatic nitrogens is 2. The number of rotatable bonds is 6. The van der Waals surface area contributed by atoms with Gasteiger partial charge in [0.2, 0.25) is 0 Å². The van der Waals surface area contributed by atoms with Gasteiger partial charge in [0.15, 0.2) is 6.29 Å². The number of nitrogens with two attached hydrogens (primary N) is 1. The lowest BCUT2D eigenvalue weighted by molar-refractivity contribution is -0.237. The van der Waals surface area contributed by atoms with Crippen molar-refractivity contribution in [3.63, 3.8) is 0 Å². The highest BCUT2D eigenvalue weighted by Gasteiger charge is 2.35. The molecule has 4 unspecified atom stereocenters. The molecule has 1 aliphatic heterocycles. The number of aliphatic hydroxyl groups excluding tert-OH is 4. The van der Waals surface area contributed by atoms with Gasteiger partial charge in [-0.2, -0.15) is 0 Å². The number of nitrogens with zero attached hydrogens (tertiary/aromatic N) is 2. The van der Waals surface area contributed by atoms with Crippen LogP contribution in [0.1, 0.15) is 21.8 Å². The largest absolute Gasteiger partial charge is 0.497 e. The van der Waals surface area contributed by atoms with E-state index in [4.69, 9.17) is 25.4 Å². The number of methoxy groups -OCH3 is 1. The summed E-state index contributed by atoms with van der Waals surface area (Å²) in [6, 6.07) is 13.6. The smallest absolute Gasteiger partial charge is 0.250 e. The molecule has 0 radical (unpaired) electrons. The SMILES string of the molecule is COc1ccc2c(C(N)=O)cn(Cc3nc4ccccc4s3)c2c1.OCC1CC(O)C(CO)C(O)O1. The number of benzene rings is 2. The van der Waals surface area contributed by atoms with Gasteiger partial charge in [0, 0.05) is 24.1 Å². The van der Waals surface area contributed by atoms with Crippen LogP contribution in [0.5, 0.6) is 5.75 Å². The molecule has 1 saturated heterocycles. The van der Waals surface area contributed by atoms with Crippen molar-refractivity contribution in [2.75, 3.05) is 20.3 Å². The maximum atomic E-state index is 11.7. The first-order chi connectivity index (χ1) is 17.3. The van der Waals surface area contributed by atoms with Crippen molar-refractivity contribution in [1.29, 1.82) is 0 Å². The van der Waals surface area contributed by atoms with Crippen molar-refractivity contribution >= 4 is 38.4 Å². The van der Waals surface area contributed by atoms with Crippen LogP contribution in [0.25, 0.3) is 21.1 Å². The van der Waals surface area contributed by atoms with E-state index in [2.05, 4.69) is 11.1 Å². The van der Waals surface area contributed by atoms with Crippen molar-refractivity contribution in [3.05, 3.63) is 59.2 Å². The summed E-state index contributed by atoms with van der Waals surface area (Å²) in [4.78, 5) is 16.4. The van der Waals surface area contributed by atoms with Gasteiger partial charge in [-0.3, -0.25) is 4.79 Å². The molecule has 3 heterocycles. The Hall–Kier alpha value is -3.06. The maximum absolute atomic E-state index is 11.7. The highest BCUT2D eigenvalue weighted by atomic mass is 32.1. The summed E-state index contributed by atoms with van der Waals surface area (Å²) in [6.07, 6.45) is -0.485. The second kappa shape index (κ2) is 11.3. The molecule has 36 heavy (non-hydrogen) atoms. The number of ether oxygens (including phenoxy) is 2. The summed E-state index contributed by atoms with van der Waals surface area (Å²) in [6.45, 7) is 0.0308. The zero-order valence-electron chi connectivity index (χ0n) is 19.7. The standard InChI is InChI=1S/C18H15N3O2S.C7H14O5/c1-23-11-6-7-12-13(18(19)22)9-21(15(12)8-11)10-17-20-14-4-2-3-5-16(14)24-17;8-2-4-1-6(10)5(3-9)7(11)12-4/h2-9H,10H2,1H3,(H2,19,22);4-11H,1-3H2. The van der Waals surface area contributed by atoms with Crippen LogP contribution < -0.4 is 10.5 Å². The van der Waals surface area contributed by atoms with Gasteiger partial charge in [-0.25, -0.2) is 4.98 Å². The Bertz CT molecular complexity index is 1290. The minimum Gasteiger partial charge on any atom is -0.497 e. The Balaban J connectivity index is 0.000000214. The number of hydrogen-bond acceptors (Lipinski definition) is 9. The van der Waals surface area contributed by atoms with E-state index in [1.165, 1.54) is 0 Å². The van der Waals surface area contributed by atoms with E-state index < -0.39 is 30.3 Å². The number of fused-ring (bicyclic) bond motifs is 2. The van der Waals surface area contributed by atoms with Gasteiger partial charge in [-0.15, -0.1) is 11.3 Å². The third kappa shape index (κ3) is 5.51. The molecule has 2 aromatic heterocycles. The van der Waals surface area contributed by atoms with Gasteiger partial charge in [0.1, 0.15) is 10.8 Å². The molecule has 6 N–H and O–H groups in total. The third-order valence-electron chi connectivity index (χ3n) is 6.11. The zero-order valence-corrected chi connectivity index (χ0v) is 20.5. The van der Waals surface area contributed by atoms with E-state index >= 15 is 0 Å². The van der Waals surface area contributed by atoms with Crippen LogP contribution in [0, 0.1) is 5.92 Å². The minimum atomic E-state index is -1.18. The minimum absolute atomic E-state index is 0.230. The molecule has 10 nitrogen and oxygen atoms in total. The first kappa shape index (κ1) is 26.0. The summed E-state index contributed by atoms with van der Waals surface area (Å²) in [5.41, 5.74) is 7.92. The van der Waals surface area contributed by atoms with Crippen molar-refractivity contribution < 1.29 is 34.7 Å². The predicted molar refractivity (Wildman–Crippen MR) is 135 cm³/mol. The second-order valence-corrected chi connectivity index (χ2v) is 9.59. The summed E-state index contributed by atoms with van der Waals surface area (Å²) in [5, 5.41) is 37.7. The van der Waals surface area contributed by atoms with Crippen LogP contribution in [0.15, 0.2) is 48.7 Å². The van der Waals surface area contributed by atoms with Crippen molar-refractivity contribution in [3.8, 4) is 5.75 Å². The highest BCUT2D eigenvalue weighted by molar-refractivity contribution is 7.18. The molecule has 0 saturated carbocycles. The summed E-state index contributed by atoms with van der Waals surface area (Å²) < 4.78 is 13.3. The average Bonchev–Trinajstić information content (AvgIpc) is 3.45. The van der Waals surface area contributed by atoms with Gasteiger partial charge in [-0.05, 0) is 24.3 Å². The van der Waals surface area contributed by atoms with Crippen LogP contribution in [0.4, 0.5) is 0 Å². The van der Waals surface area contributed by atoms with Gasteiger partial charge in [-0.1, -0.05) is 12.1 Å². The van der Waals surface area contributed by atoms with Crippen LogP contribution in [0.2, 0.25) is 0 Å². The van der Waals surface area contributed by atoms with Crippen molar-refractivity contribution in [2.24, 2.45) is 11.7 Å². The van der Waals surface area contributed by atoms with Gasteiger partial charge in [0.05, 0.1) is 66.3 Å². The third-order valence-corrected chi connectivity index (χ3v) is 7.13. The van der Waals surface area contributed by atoms with Crippen LogP contribution in [0.3, 0.4) is 0 Å². The zero-order chi connectivity index (χ0) is 25.8. The van der Waals surface area contributed by atoms with Crippen molar-refractivity contribution in [2.45, 2.75) is 31.5 Å². The van der Waals surface area contributed by atoms with Crippen LogP contribution in [-0.2, 0) is 11.3 Å². The molecule has 0 aliphatic carbocycles. The second-order valence-electron chi connectivity index (χ2n) is 8.47. The van der Waals surface area contributed by atoms with E-state index in [-0.39, 0.29) is 19.6 Å². The number of para-hydroxylation sites is 1. The molecule has 0 bridgehead atoms. The number of carbonyl (C=O) groups excluding carboxylic acids is 1. The molecule has 1 aliphatic rings. The number of primary amides is 1. The highest BCUT2D eigenvalue weighted by Crippen LogP contribution is 2.28. The number of aliphatic hydroxyl groups is 4. The van der Waals surface area contributed by atoms with Gasteiger partial charge in [0.25, 0.3) is 5.91 Å². The molecular formula is C25H29N3O7S. The monoisotopic (exact) mass is 515 g/mol. The lowest BCUT2D eigenvalue weighted by Crippen LogP contribution is -2.46. The van der Waals surface area contributed by atoms with E-state index in [0.717, 1.165) is 31.9 Å². The van der Waals surface area contributed by atoms with E-state index in [0.29, 0.717) is 12.1 Å². The molecule has 4 aromatic rings. The molecule has 2 aromatic carbocycles. The fourth-order valence-corrected chi connectivity index (χ4v) is 5.14. The summed E-state index contributed by atoms with van der Waals surface area (Å²) >= 11 is 1.65. The summed E-state index contributed by atoms with van der Waals surface area (Å²) in [5.74, 6) is -0.358. The van der Waals surface area contributed by atoms with Gasteiger partial charge >= 0.3 is 0 Å². The Labute approximate surface area is 211 Å². The molecule has 11 heteroatoms. The molecular weight excluding hydrogens is 486 g/mol. The normalized spacial score (nSPS) is 21.8. The summed E-state index contributed by atoms with van der Waals surface area (Å²) in [7, 11) is 1.62. The lowest BCUT2D eigenvalue weighted by Gasteiger charge is -2.35. The molecule has 1 amide bonds. The van der Waals surface area contributed by atoms with Crippen LogP contribution in [-0.4, -0.2) is 74.7 Å². The molecule has 0 spiro atoms. The lowest BCUT2D eigenvalue weighted by atomic mass is 9.94. The number of hydrogen-bond donors (Lipinski definition) is 5. The predicted octanol–water partition coefficient (Wildman–Crippen LogP) is 1.46. The van der Waals surface area contributed by atoms with Crippen molar-refractivity contribution in [1.82, 2.24) is 9.55 Å². The maximum Gasteiger partial charge on any atom is 0.250 e. The van der Waals surface area contributed by atoms with Crippen LogP contribution >= 0.6 is 11.3 Å². The quantitative estimate of drug-likeness (QED) is 0.258. The van der Waals surface area contributed by atoms with E-state index in [1.54, 1.807) is 24.6 Å². The number of carbonyl (C=O) groups is 1. The Kier molecular flexibility index (Phi) is 8.19.